The van der Waals surface area contributed by atoms with E-state index in [0.717, 1.165) is 11.3 Å². The molecule has 0 spiro atoms. The summed E-state index contributed by atoms with van der Waals surface area (Å²) in [5.41, 5.74) is 2.36. The molecule has 1 fully saturated rings. The Morgan fingerprint density at radius 1 is 1.21 bits per heavy atom. The van der Waals surface area contributed by atoms with E-state index in [2.05, 4.69) is 15.3 Å². The van der Waals surface area contributed by atoms with Crippen LogP contribution in [0.15, 0.2) is 55.0 Å². The average Bonchev–Trinajstić information content (AvgIpc) is 3.05. The molecule has 146 valence electrons. The summed E-state index contributed by atoms with van der Waals surface area (Å²) >= 11 is 6.13. The van der Waals surface area contributed by atoms with E-state index in [1.165, 1.54) is 11.2 Å². The molecule has 1 saturated heterocycles. The molecule has 4 heterocycles. The fourth-order valence-corrected chi connectivity index (χ4v) is 4.02. The molecule has 0 unspecified atom stereocenters. The molecule has 5 rings (SSSR count). The van der Waals surface area contributed by atoms with Gasteiger partial charge in [0.1, 0.15) is 12.1 Å². The number of urea groups is 1. The maximum Gasteiger partial charge on any atom is 0.329 e. The molecular weight excluding hydrogens is 392 g/mol. The Morgan fingerprint density at radius 3 is 2.90 bits per heavy atom. The lowest BCUT2D eigenvalue weighted by atomic mass is 10.1. The molecule has 9 heteroatoms. The summed E-state index contributed by atoms with van der Waals surface area (Å²) in [6.45, 7) is 0.997. The first-order chi connectivity index (χ1) is 14.1. The molecule has 2 bridgehead atoms. The lowest BCUT2D eigenvalue weighted by Crippen LogP contribution is -2.51. The van der Waals surface area contributed by atoms with Gasteiger partial charge in [-0.15, -0.1) is 0 Å². The first-order valence-electron chi connectivity index (χ1n) is 9.16. The number of nitrogens with one attached hydrogen (secondary N) is 1. The van der Waals surface area contributed by atoms with E-state index in [1.54, 1.807) is 18.3 Å². The van der Waals surface area contributed by atoms with E-state index < -0.39 is 18.2 Å². The van der Waals surface area contributed by atoms with Gasteiger partial charge in [-0.1, -0.05) is 23.7 Å². The van der Waals surface area contributed by atoms with Crippen molar-refractivity contribution in [1.29, 1.82) is 0 Å². The van der Waals surface area contributed by atoms with Crippen LogP contribution in [0, 0.1) is 0 Å². The third kappa shape index (κ3) is 3.16. The number of carbonyl (C=O) groups excluding carboxylic acids is 1. The maximum atomic E-state index is 13.1. The smallest absolute Gasteiger partial charge is 0.329 e. The van der Waals surface area contributed by atoms with Gasteiger partial charge in [0.05, 0.1) is 23.5 Å². The molecule has 8 nitrogen and oxygen atoms in total. The van der Waals surface area contributed by atoms with Crippen LogP contribution in [0.4, 0.5) is 22.1 Å². The second kappa shape index (κ2) is 6.98. The van der Waals surface area contributed by atoms with Gasteiger partial charge in [-0.05, 0) is 30.3 Å². The van der Waals surface area contributed by atoms with Crippen LogP contribution in [-0.2, 0) is 0 Å². The second-order valence-electron chi connectivity index (χ2n) is 6.98. The number of fused-ring (bicyclic) bond motifs is 4. The Hall–Kier alpha value is -3.23. The normalized spacial score (nSPS) is 19.8. The molecule has 3 aromatic rings. The minimum Gasteiger partial charge on any atom is -0.389 e. The number of rotatable bonds is 2. The molecule has 29 heavy (non-hydrogen) atoms. The van der Waals surface area contributed by atoms with Gasteiger partial charge >= 0.3 is 6.03 Å². The van der Waals surface area contributed by atoms with Crippen molar-refractivity contribution in [2.24, 2.45) is 0 Å². The fraction of sp³-hybridized carbons (Fsp3) is 0.200. The summed E-state index contributed by atoms with van der Waals surface area (Å²) in [7, 11) is 0. The van der Waals surface area contributed by atoms with Gasteiger partial charge in [-0.3, -0.25) is 10.2 Å². The summed E-state index contributed by atoms with van der Waals surface area (Å²) < 4.78 is 0. The summed E-state index contributed by atoms with van der Waals surface area (Å²) in [5.74, 6) is 0.884. The molecule has 0 saturated carbocycles. The van der Waals surface area contributed by atoms with Crippen LogP contribution < -0.4 is 15.1 Å². The van der Waals surface area contributed by atoms with Gasteiger partial charge < -0.3 is 10.0 Å². The average molecular weight is 409 g/mol. The van der Waals surface area contributed by atoms with Crippen molar-refractivity contribution >= 4 is 35.0 Å². The molecule has 0 radical (unpaired) electrons. The number of aliphatic hydroxyl groups excluding tert-OH is 1. The molecule has 2 N–H and O–H groups in total. The van der Waals surface area contributed by atoms with Gasteiger partial charge in [0.15, 0.2) is 5.82 Å². The Morgan fingerprint density at radius 2 is 2.10 bits per heavy atom. The predicted octanol–water partition coefficient (Wildman–Crippen LogP) is 2.79. The summed E-state index contributed by atoms with van der Waals surface area (Å²) in [6, 6.07) is 12.0. The summed E-state index contributed by atoms with van der Waals surface area (Å²) in [6.07, 6.45) is 2.24. The molecule has 0 aliphatic carbocycles. The van der Waals surface area contributed by atoms with Crippen LogP contribution >= 0.6 is 11.6 Å². The number of amides is 2. The predicted molar refractivity (Wildman–Crippen MR) is 110 cm³/mol. The zero-order valence-corrected chi connectivity index (χ0v) is 16.0. The third-order valence-electron chi connectivity index (χ3n) is 5.17. The lowest BCUT2D eigenvalue weighted by Gasteiger charge is -2.36. The third-order valence-corrected chi connectivity index (χ3v) is 5.41. The molecule has 1 aromatic carbocycles. The standard InChI is InChI=1S/C20H17ClN6O2/c21-13-3-1-2-12(8-13)14-4-5-15-19(24-14)27(16-9-26(15)10-17(16)28)20(29)25-18-6-7-22-11-23-18/h1-8,11,16-17,28H,9-10H2,(H,22,23,25,29)/t16-,17-/m1/s1. The first-order valence-corrected chi connectivity index (χ1v) is 9.54. The second-order valence-corrected chi connectivity index (χ2v) is 7.42. The van der Waals surface area contributed by atoms with E-state index in [1.807, 2.05) is 35.2 Å². The highest BCUT2D eigenvalue weighted by molar-refractivity contribution is 6.30. The van der Waals surface area contributed by atoms with Crippen LogP contribution in [0.25, 0.3) is 11.3 Å². The number of halogens is 1. The van der Waals surface area contributed by atoms with Crippen molar-refractivity contribution in [3.63, 3.8) is 0 Å². The molecular formula is C20H17ClN6O2. The van der Waals surface area contributed by atoms with E-state index in [0.29, 0.717) is 35.4 Å². The molecule has 2 aliphatic heterocycles. The number of pyridine rings is 1. The fourth-order valence-electron chi connectivity index (χ4n) is 3.83. The number of benzene rings is 1. The van der Waals surface area contributed by atoms with E-state index in [4.69, 9.17) is 16.6 Å². The Balaban J connectivity index is 1.57. The highest BCUT2D eigenvalue weighted by Gasteiger charge is 2.45. The Bertz CT molecular complexity index is 1080. The molecule has 2 amide bonds. The molecule has 2 aromatic heterocycles. The van der Waals surface area contributed by atoms with Gasteiger partial charge in [0, 0.05) is 29.9 Å². The van der Waals surface area contributed by atoms with E-state index in [9.17, 15) is 9.90 Å². The number of anilines is 3. The van der Waals surface area contributed by atoms with Crippen LogP contribution in [0.5, 0.6) is 0 Å². The van der Waals surface area contributed by atoms with Crippen LogP contribution in [0.3, 0.4) is 0 Å². The monoisotopic (exact) mass is 408 g/mol. The van der Waals surface area contributed by atoms with E-state index >= 15 is 0 Å². The number of aromatic nitrogens is 3. The minimum atomic E-state index is -0.671. The quantitative estimate of drug-likeness (QED) is 0.677. The largest absolute Gasteiger partial charge is 0.389 e. The highest BCUT2D eigenvalue weighted by Crippen LogP contribution is 2.40. The zero-order chi connectivity index (χ0) is 20.0. The lowest BCUT2D eigenvalue weighted by molar-refractivity contribution is 0.176. The van der Waals surface area contributed by atoms with Gasteiger partial charge in [0.25, 0.3) is 0 Å². The van der Waals surface area contributed by atoms with Crippen LogP contribution in [0.1, 0.15) is 0 Å². The maximum absolute atomic E-state index is 13.1. The van der Waals surface area contributed by atoms with Crippen molar-refractivity contribution < 1.29 is 9.90 Å². The Kier molecular flexibility index (Phi) is 4.30. The Labute approximate surface area is 171 Å². The molecule has 2 aliphatic rings. The van der Waals surface area contributed by atoms with Gasteiger partial charge in [-0.2, -0.15) is 0 Å². The van der Waals surface area contributed by atoms with Crippen molar-refractivity contribution in [2.45, 2.75) is 12.1 Å². The first kappa shape index (κ1) is 17.8. The number of carbonyl (C=O) groups is 1. The number of hydrogen-bond donors (Lipinski definition) is 2. The van der Waals surface area contributed by atoms with Crippen molar-refractivity contribution in [1.82, 2.24) is 15.0 Å². The van der Waals surface area contributed by atoms with E-state index in [-0.39, 0.29) is 0 Å². The highest BCUT2D eigenvalue weighted by atomic mass is 35.5. The SMILES string of the molecule is O=C(Nc1ccncn1)N1c2nc(-c3cccc(Cl)c3)ccc2N2C[C@@H](O)[C@H]1C2. The summed E-state index contributed by atoms with van der Waals surface area (Å²) in [5, 5.41) is 13.9. The van der Waals surface area contributed by atoms with Crippen molar-refractivity contribution in [2.75, 3.05) is 28.2 Å². The van der Waals surface area contributed by atoms with Crippen LogP contribution in [-0.4, -0.2) is 51.3 Å². The number of nitrogens with zero attached hydrogens (tertiary/aromatic N) is 5. The number of hydrogen-bond acceptors (Lipinski definition) is 6. The van der Waals surface area contributed by atoms with Crippen molar-refractivity contribution in [3.05, 3.63) is 60.0 Å². The minimum absolute atomic E-state index is 0.382. The zero-order valence-electron chi connectivity index (χ0n) is 15.2. The van der Waals surface area contributed by atoms with Gasteiger partial charge in [-0.25, -0.2) is 19.7 Å². The summed E-state index contributed by atoms with van der Waals surface area (Å²) in [4.78, 5) is 29.4. The molecule has 2 atom stereocenters. The topological polar surface area (TPSA) is 94.5 Å². The number of aliphatic hydroxyl groups is 1. The van der Waals surface area contributed by atoms with Crippen LogP contribution in [0.2, 0.25) is 5.02 Å². The van der Waals surface area contributed by atoms with Gasteiger partial charge in [0.2, 0.25) is 0 Å². The van der Waals surface area contributed by atoms with Crippen molar-refractivity contribution in [3.8, 4) is 11.3 Å².